The average Bonchev–Trinajstić information content (AvgIpc) is 3.18. The predicted molar refractivity (Wildman–Crippen MR) is 93.2 cm³/mol. The smallest absolute Gasteiger partial charge is 0.178 e. The highest BCUT2D eigenvalue weighted by molar-refractivity contribution is 5.49. The fourth-order valence-electron chi connectivity index (χ4n) is 3.92. The Hall–Kier alpha value is -2.50. The van der Waals surface area contributed by atoms with Crippen LogP contribution in [0.2, 0.25) is 0 Å². The molecule has 0 spiro atoms. The van der Waals surface area contributed by atoms with E-state index in [9.17, 15) is 4.39 Å². The number of nitrogens with zero attached hydrogens (tertiary/aromatic N) is 5. The maximum absolute atomic E-state index is 13.5. The first-order valence-corrected chi connectivity index (χ1v) is 8.96. The summed E-state index contributed by atoms with van der Waals surface area (Å²) in [5.41, 5.74) is 2.99. The number of hydrogen-bond acceptors (Lipinski definition) is 4. The molecule has 0 N–H and O–H groups in total. The molecule has 1 aliphatic carbocycles. The third-order valence-electron chi connectivity index (χ3n) is 5.35. The van der Waals surface area contributed by atoms with Gasteiger partial charge in [0.1, 0.15) is 11.6 Å². The van der Waals surface area contributed by atoms with Crippen molar-refractivity contribution in [1.82, 2.24) is 19.8 Å². The van der Waals surface area contributed by atoms with E-state index in [1.165, 1.54) is 18.4 Å². The maximum atomic E-state index is 13.5. The van der Waals surface area contributed by atoms with Crippen LogP contribution in [0.3, 0.4) is 0 Å². The summed E-state index contributed by atoms with van der Waals surface area (Å²) in [6.45, 7) is 2.94. The van der Waals surface area contributed by atoms with Crippen molar-refractivity contribution < 1.29 is 4.39 Å². The van der Waals surface area contributed by atoms with E-state index in [4.69, 9.17) is 5.10 Å². The normalized spacial score (nSPS) is 20.6. The van der Waals surface area contributed by atoms with Crippen LogP contribution in [0.4, 0.5) is 10.2 Å². The van der Waals surface area contributed by atoms with Crippen LogP contribution in [0.15, 0.2) is 30.3 Å². The van der Waals surface area contributed by atoms with Crippen molar-refractivity contribution in [3.63, 3.8) is 0 Å². The summed E-state index contributed by atoms with van der Waals surface area (Å²) in [6, 6.07) is 9.35. The Labute approximate surface area is 145 Å². The highest BCUT2D eigenvalue weighted by Crippen LogP contribution is 2.40. The molecular formula is C19H20FN5. The molecule has 5 nitrogen and oxygen atoms in total. The molecule has 1 aromatic carbocycles. The van der Waals surface area contributed by atoms with Gasteiger partial charge in [-0.25, -0.2) is 4.39 Å². The summed E-state index contributed by atoms with van der Waals surface area (Å²) in [6.07, 6.45) is 4.52. The summed E-state index contributed by atoms with van der Waals surface area (Å²) >= 11 is 0. The minimum atomic E-state index is -0.177. The molecule has 3 aromatic rings. The van der Waals surface area contributed by atoms with Gasteiger partial charge in [0.2, 0.25) is 0 Å². The van der Waals surface area contributed by atoms with E-state index in [1.54, 1.807) is 12.1 Å². The highest BCUT2D eigenvalue weighted by atomic mass is 19.1. The van der Waals surface area contributed by atoms with Crippen LogP contribution < -0.4 is 4.90 Å². The van der Waals surface area contributed by atoms with E-state index in [0.717, 1.165) is 42.2 Å². The number of halogens is 1. The molecule has 128 valence electrons. The Morgan fingerprint density at radius 3 is 2.76 bits per heavy atom. The monoisotopic (exact) mass is 337 g/mol. The van der Waals surface area contributed by atoms with Crippen molar-refractivity contribution in [2.24, 2.45) is 0 Å². The van der Waals surface area contributed by atoms with Gasteiger partial charge >= 0.3 is 0 Å². The molecule has 0 bridgehead atoms. The standard InChI is InChI=1S/C19H20FN5/c1-12-11-14(20)6-7-15(12)16-3-2-10-24(16)18-9-8-17-21-22-19(13-4-5-13)25(17)23-18/h6-9,11,13,16H,2-5,10H2,1H3. The molecule has 1 aliphatic heterocycles. The van der Waals surface area contributed by atoms with Crippen molar-refractivity contribution in [2.45, 2.75) is 44.6 Å². The van der Waals surface area contributed by atoms with Crippen LogP contribution in [-0.4, -0.2) is 26.4 Å². The zero-order valence-corrected chi connectivity index (χ0v) is 14.2. The molecule has 3 heterocycles. The van der Waals surface area contributed by atoms with Gasteiger partial charge in [0.15, 0.2) is 11.5 Å². The molecule has 1 saturated heterocycles. The van der Waals surface area contributed by atoms with Crippen molar-refractivity contribution in [1.29, 1.82) is 0 Å². The van der Waals surface area contributed by atoms with Crippen LogP contribution in [0.25, 0.3) is 5.65 Å². The Kier molecular flexibility index (Phi) is 3.26. The van der Waals surface area contributed by atoms with Crippen LogP contribution in [0.5, 0.6) is 0 Å². The lowest BCUT2D eigenvalue weighted by Crippen LogP contribution is -2.25. The Bertz CT molecular complexity index is 946. The van der Waals surface area contributed by atoms with Gasteiger partial charge in [-0.15, -0.1) is 15.3 Å². The second-order valence-corrected chi connectivity index (χ2v) is 7.15. The number of aryl methyl sites for hydroxylation is 1. The molecule has 2 aliphatic rings. The number of anilines is 1. The Morgan fingerprint density at radius 2 is 1.96 bits per heavy atom. The zero-order chi connectivity index (χ0) is 17.0. The molecule has 1 saturated carbocycles. The molecular weight excluding hydrogens is 317 g/mol. The predicted octanol–water partition coefficient (Wildman–Crippen LogP) is 3.79. The van der Waals surface area contributed by atoms with Crippen LogP contribution in [-0.2, 0) is 0 Å². The quantitative estimate of drug-likeness (QED) is 0.729. The third kappa shape index (κ3) is 2.47. The van der Waals surface area contributed by atoms with Gasteiger partial charge in [-0.2, -0.15) is 4.52 Å². The molecule has 2 aromatic heterocycles. The molecule has 6 heteroatoms. The number of aromatic nitrogens is 4. The fraction of sp³-hybridized carbons (Fsp3) is 0.421. The minimum absolute atomic E-state index is 0.177. The molecule has 1 unspecified atom stereocenters. The fourth-order valence-corrected chi connectivity index (χ4v) is 3.92. The summed E-state index contributed by atoms with van der Waals surface area (Å²) in [5.74, 6) is 2.25. The first-order chi connectivity index (χ1) is 12.2. The second kappa shape index (κ2) is 5.51. The lowest BCUT2D eigenvalue weighted by Gasteiger charge is -2.27. The molecule has 25 heavy (non-hydrogen) atoms. The van der Waals surface area contributed by atoms with Gasteiger partial charge in [-0.3, -0.25) is 0 Å². The highest BCUT2D eigenvalue weighted by Gasteiger charge is 2.31. The second-order valence-electron chi connectivity index (χ2n) is 7.15. The molecule has 0 amide bonds. The Morgan fingerprint density at radius 1 is 1.08 bits per heavy atom. The summed E-state index contributed by atoms with van der Waals surface area (Å²) < 4.78 is 15.4. The number of hydrogen-bond donors (Lipinski definition) is 0. The number of rotatable bonds is 3. The summed E-state index contributed by atoms with van der Waals surface area (Å²) in [5, 5.41) is 13.4. The van der Waals surface area contributed by atoms with Gasteiger partial charge in [0, 0.05) is 12.5 Å². The van der Waals surface area contributed by atoms with Crippen LogP contribution in [0, 0.1) is 12.7 Å². The van der Waals surface area contributed by atoms with Gasteiger partial charge in [0.25, 0.3) is 0 Å². The van der Waals surface area contributed by atoms with Crippen molar-refractivity contribution in [3.05, 3.63) is 53.1 Å². The van der Waals surface area contributed by atoms with Crippen LogP contribution >= 0.6 is 0 Å². The number of benzene rings is 1. The summed E-state index contributed by atoms with van der Waals surface area (Å²) in [7, 11) is 0. The van der Waals surface area contributed by atoms with E-state index in [0.29, 0.717) is 5.92 Å². The van der Waals surface area contributed by atoms with E-state index in [1.807, 2.05) is 29.6 Å². The minimum Gasteiger partial charge on any atom is -0.348 e. The van der Waals surface area contributed by atoms with Gasteiger partial charge in [-0.05, 0) is 68.0 Å². The van der Waals surface area contributed by atoms with Gasteiger partial charge in [-0.1, -0.05) is 6.07 Å². The Balaban J connectivity index is 1.55. The molecule has 5 rings (SSSR count). The lowest BCUT2D eigenvalue weighted by molar-refractivity contribution is 0.621. The van der Waals surface area contributed by atoms with Crippen molar-refractivity contribution in [2.75, 3.05) is 11.4 Å². The van der Waals surface area contributed by atoms with Gasteiger partial charge < -0.3 is 4.90 Å². The average molecular weight is 337 g/mol. The van der Waals surface area contributed by atoms with E-state index < -0.39 is 0 Å². The SMILES string of the molecule is Cc1cc(F)ccc1C1CCCN1c1ccc2nnc(C3CC3)n2n1. The van der Waals surface area contributed by atoms with E-state index in [2.05, 4.69) is 15.1 Å². The maximum Gasteiger partial charge on any atom is 0.178 e. The molecule has 0 radical (unpaired) electrons. The van der Waals surface area contributed by atoms with Crippen molar-refractivity contribution >= 4 is 11.5 Å². The van der Waals surface area contributed by atoms with E-state index >= 15 is 0 Å². The van der Waals surface area contributed by atoms with Crippen LogP contribution in [0.1, 0.15) is 54.6 Å². The largest absolute Gasteiger partial charge is 0.348 e. The lowest BCUT2D eigenvalue weighted by atomic mass is 9.99. The van der Waals surface area contributed by atoms with Crippen molar-refractivity contribution in [3.8, 4) is 0 Å². The van der Waals surface area contributed by atoms with Gasteiger partial charge in [0.05, 0.1) is 6.04 Å². The molecule has 1 atom stereocenters. The summed E-state index contributed by atoms with van der Waals surface area (Å²) in [4.78, 5) is 2.33. The first-order valence-electron chi connectivity index (χ1n) is 8.96. The molecule has 2 fully saturated rings. The third-order valence-corrected chi connectivity index (χ3v) is 5.35. The first kappa shape index (κ1) is 14.8. The van der Waals surface area contributed by atoms with E-state index in [-0.39, 0.29) is 11.9 Å². The topological polar surface area (TPSA) is 46.3 Å². The number of fused-ring (bicyclic) bond motifs is 1. The zero-order valence-electron chi connectivity index (χ0n) is 14.2.